The third-order valence-corrected chi connectivity index (χ3v) is 7.91. The molecule has 0 radical (unpaired) electrons. The topological polar surface area (TPSA) is 158 Å². The van der Waals surface area contributed by atoms with Crippen LogP contribution in [0.15, 0.2) is 78.9 Å². The lowest BCUT2D eigenvalue weighted by molar-refractivity contribution is -0.114. The van der Waals surface area contributed by atoms with Gasteiger partial charge in [0.05, 0.1) is 30.4 Å². The first kappa shape index (κ1) is 30.1. The summed E-state index contributed by atoms with van der Waals surface area (Å²) in [6, 6.07) is 16.5. The van der Waals surface area contributed by atoms with Crippen molar-refractivity contribution in [3.8, 4) is 16.9 Å². The van der Waals surface area contributed by atoms with Crippen molar-refractivity contribution in [2.75, 3.05) is 26.3 Å². The molecule has 2 amide bonds. The lowest BCUT2D eigenvalue weighted by atomic mass is 9.89. The number of amides is 2. The SMILES string of the molecule is NC(=O)C(=Cc1cc(Cl)ccc1-n1cnnn1)[C@H](Cc1ccccc1)c1nc(-c2cncc(C(=O)N3CCOCC3)c2)c(Cl)[nH]1. The highest BCUT2D eigenvalue weighted by atomic mass is 35.5. The molecule has 3 aromatic heterocycles. The number of pyridine rings is 1. The van der Waals surface area contributed by atoms with E-state index in [0.717, 1.165) is 5.56 Å². The Bertz CT molecular complexity index is 1850. The third kappa shape index (κ3) is 6.78. The van der Waals surface area contributed by atoms with Crippen molar-refractivity contribution in [2.24, 2.45) is 5.73 Å². The number of aromatic nitrogens is 7. The van der Waals surface area contributed by atoms with Crippen LogP contribution in [0.25, 0.3) is 23.0 Å². The monoisotopic (exact) mass is 643 g/mol. The fourth-order valence-electron chi connectivity index (χ4n) is 5.20. The lowest BCUT2D eigenvalue weighted by Crippen LogP contribution is -2.40. The minimum Gasteiger partial charge on any atom is -0.378 e. The number of tetrazole rings is 1. The predicted octanol–water partition coefficient (Wildman–Crippen LogP) is 4.12. The van der Waals surface area contributed by atoms with Gasteiger partial charge in [-0.3, -0.25) is 14.6 Å². The molecular weight excluding hydrogens is 617 g/mol. The zero-order valence-corrected chi connectivity index (χ0v) is 25.3. The van der Waals surface area contributed by atoms with Crippen LogP contribution in [0.1, 0.15) is 33.2 Å². The number of halogens is 2. The summed E-state index contributed by atoms with van der Waals surface area (Å²) in [4.78, 5) is 40.3. The van der Waals surface area contributed by atoms with E-state index in [2.05, 4.69) is 25.5 Å². The zero-order valence-electron chi connectivity index (χ0n) is 23.8. The maximum atomic E-state index is 13.2. The van der Waals surface area contributed by atoms with Crippen molar-refractivity contribution in [3.63, 3.8) is 0 Å². The average Bonchev–Trinajstić information content (AvgIpc) is 3.73. The summed E-state index contributed by atoms with van der Waals surface area (Å²) in [5, 5.41) is 12.1. The number of primary amides is 1. The summed E-state index contributed by atoms with van der Waals surface area (Å²) in [5.41, 5.74) is 9.72. The highest BCUT2D eigenvalue weighted by Gasteiger charge is 2.28. The molecule has 228 valence electrons. The highest BCUT2D eigenvalue weighted by Crippen LogP contribution is 2.34. The molecule has 6 rings (SSSR count). The van der Waals surface area contributed by atoms with E-state index >= 15 is 0 Å². The maximum absolute atomic E-state index is 13.2. The van der Waals surface area contributed by atoms with Crippen LogP contribution in [0.4, 0.5) is 0 Å². The van der Waals surface area contributed by atoms with Crippen molar-refractivity contribution in [1.29, 1.82) is 0 Å². The minimum absolute atomic E-state index is 0.152. The molecule has 1 atom stereocenters. The number of carbonyl (C=O) groups is 2. The molecule has 1 aliphatic rings. The summed E-state index contributed by atoms with van der Waals surface area (Å²) < 4.78 is 6.84. The van der Waals surface area contributed by atoms with Crippen LogP contribution in [-0.4, -0.2) is 78.2 Å². The van der Waals surface area contributed by atoms with Gasteiger partial charge in [-0.2, -0.15) is 4.68 Å². The molecule has 5 aromatic rings. The number of rotatable bonds is 9. The Balaban J connectivity index is 1.42. The number of nitrogens with one attached hydrogen (secondary N) is 1. The van der Waals surface area contributed by atoms with Gasteiger partial charge in [0.1, 0.15) is 23.0 Å². The summed E-state index contributed by atoms with van der Waals surface area (Å²) in [6.45, 7) is 1.97. The summed E-state index contributed by atoms with van der Waals surface area (Å²) >= 11 is 13.1. The van der Waals surface area contributed by atoms with Crippen LogP contribution in [0.3, 0.4) is 0 Å². The van der Waals surface area contributed by atoms with E-state index in [1.807, 2.05) is 30.3 Å². The quantitative estimate of drug-likeness (QED) is 0.227. The Morgan fingerprint density at radius 2 is 1.87 bits per heavy atom. The van der Waals surface area contributed by atoms with Crippen LogP contribution < -0.4 is 5.73 Å². The van der Waals surface area contributed by atoms with E-state index in [9.17, 15) is 9.59 Å². The highest BCUT2D eigenvalue weighted by molar-refractivity contribution is 6.32. The number of carbonyl (C=O) groups excluding carboxylic acids is 2. The Morgan fingerprint density at radius 1 is 1.07 bits per heavy atom. The molecule has 0 unspecified atom stereocenters. The molecule has 4 heterocycles. The first-order valence-electron chi connectivity index (χ1n) is 14.0. The number of nitrogens with zero attached hydrogens (tertiary/aromatic N) is 7. The molecule has 12 nitrogen and oxygen atoms in total. The largest absolute Gasteiger partial charge is 0.378 e. The number of morpholine rings is 1. The van der Waals surface area contributed by atoms with E-state index in [1.54, 1.807) is 41.4 Å². The van der Waals surface area contributed by atoms with Gasteiger partial charge < -0.3 is 20.4 Å². The van der Waals surface area contributed by atoms with Gasteiger partial charge in [-0.1, -0.05) is 53.5 Å². The number of benzene rings is 2. The van der Waals surface area contributed by atoms with Crippen LogP contribution in [0.5, 0.6) is 0 Å². The second-order valence-corrected chi connectivity index (χ2v) is 11.1. The maximum Gasteiger partial charge on any atom is 0.255 e. The summed E-state index contributed by atoms with van der Waals surface area (Å²) in [7, 11) is 0. The van der Waals surface area contributed by atoms with E-state index in [4.69, 9.17) is 38.7 Å². The summed E-state index contributed by atoms with van der Waals surface area (Å²) in [5.74, 6) is -1.06. The summed E-state index contributed by atoms with van der Waals surface area (Å²) in [6.07, 6.45) is 6.58. The second-order valence-electron chi connectivity index (χ2n) is 10.3. The molecule has 2 aromatic carbocycles. The zero-order chi connectivity index (χ0) is 31.3. The van der Waals surface area contributed by atoms with E-state index in [-0.39, 0.29) is 16.6 Å². The van der Waals surface area contributed by atoms with Gasteiger partial charge in [0.2, 0.25) is 5.91 Å². The normalized spacial score (nSPS) is 14.4. The molecule has 0 bridgehead atoms. The molecule has 1 saturated heterocycles. The first-order valence-corrected chi connectivity index (χ1v) is 14.8. The van der Waals surface area contributed by atoms with Gasteiger partial charge in [0.15, 0.2) is 0 Å². The van der Waals surface area contributed by atoms with Gasteiger partial charge in [-0.05, 0) is 52.8 Å². The van der Waals surface area contributed by atoms with Crippen LogP contribution >= 0.6 is 23.2 Å². The van der Waals surface area contributed by atoms with Crippen molar-refractivity contribution < 1.29 is 14.3 Å². The fourth-order valence-corrected chi connectivity index (χ4v) is 5.63. The van der Waals surface area contributed by atoms with Crippen molar-refractivity contribution >= 4 is 41.1 Å². The average molecular weight is 645 g/mol. The minimum atomic E-state index is -0.660. The Kier molecular flexibility index (Phi) is 8.96. The number of nitrogens with two attached hydrogens (primary N) is 1. The number of aromatic amines is 1. The number of hydrogen-bond acceptors (Lipinski definition) is 8. The molecule has 3 N–H and O–H groups in total. The molecule has 1 aliphatic heterocycles. The molecule has 14 heteroatoms. The van der Waals surface area contributed by atoms with Gasteiger partial charge in [-0.25, -0.2) is 4.98 Å². The van der Waals surface area contributed by atoms with Crippen molar-refractivity contribution in [2.45, 2.75) is 12.3 Å². The van der Waals surface area contributed by atoms with Gasteiger partial charge in [0, 0.05) is 47.2 Å². The van der Waals surface area contributed by atoms with Crippen molar-refractivity contribution in [3.05, 3.63) is 112 Å². The van der Waals surface area contributed by atoms with Gasteiger partial charge >= 0.3 is 0 Å². The van der Waals surface area contributed by atoms with Gasteiger partial charge in [-0.15, -0.1) is 5.10 Å². The number of H-pyrrole nitrogens is 1. The fraction of sp³-hybridized carbons (Fsp3) is 0.194. The Morgan fingerprint density at radius 3 is 2.60 bits per heavy atom. The number of ether oxygens (including phenoxy) is 1. The molecule has 45 heavy (non-hydrogen) atoms. The third-order valence-electron chi connectivity index (χ3n) is 7.40. The lowest BCUT2D eigenvalue weighted by Gasteiger charge is -2.26. The molecule has 1 fully saturated rings. The predicted molar refractivity (Wildman–Crippen MR) is 168 cm³/mol. The van der Waals surface area contributed by atoms with Crippen LogP contribution in [0.2, 0.25) is 10.2 Å². The number of imidazole rings is 1. The standard InChI is InChI=1S/C31H27Cl2N9O3/c32-23-6-7-26(42-18-36-39-40-42)20(14-23)15-24(29(34)43)25(12-19-4-2-1-3-5-19)30-37-27(28(33)38-30)21-13-22(17-35-16-21)31(44)41-8-10-45-11-9-41/h1-7,13-18,25H,8-12H2,(H2,34,43)(H,37,38)/t25-/m0/s1. The first-order chi connectivity index (χ1) is 21.9. The smallest absolute Gasteiger partial charge is 0.255 e. The molecule has 0 spiro atoms. The second kappa shape index (κ2) is 13.4. The van der Waals surface area contributed by atoms with E-state index in [0.29, 0.717) is 71.6 Å². The molecule has 0 saturated carbocycles. The van der Waals surface area contributed by atoms with Crippen LogP contribution in [-0.2, 0) is 16.0 Å². The number of hydrogen-bond donors (Lipinski definition) is 2. The Labute approximate surface area is 267 Å². The van der Waals surface area contributed by atoms with Crippen LogP contribution in [0, 0.1) is 0 Å². The van der Waals surface area contributed by atoms with E-state index in [1.165, 1.54) is 17.2 Å². The molecule has 0 aliphatic carbocycles. The molecular formula is C31H27Cl2N9O3. The van der Waals surface area contributed by atoms with Gasteiger partial charge in [0.25, 0.3) is 5.91 Å². The Hall–Kier alpha value is -4.91. The van der Waals surface area contributed by atoms with E-state index < -0.39 is 11.8 Å². The van der Waals surface area contributed by atoms with Crippen molar-refractivity contribution in [1.82, 2.24) is 40.1 Å².